The van der Waals surface area contributed by atoms with Gasteiger partial charge in [0.25, 0.3) is 15.9 Å². The van der Waals surface area contributed by atoms with Crippen LogP contribution in [0.3, 0.4) is 0 Å². The van der Waals surface area contributed by atoms with E-state index in [0.29, 0.717) is 11.5 Å². The molecule has 2 atom stereocenters. The van der Waals surface area contributed by atoms with Crippen molar-refractivity contribution in [3.8, 4) is 0 Å². The van der Waals surface area contributed by atoms with E-state index in [9.17, 15) is 17.6 Å². The molecule has 1 N–H and O–H groups in total. The van der Waals surface area contributed by atoms with Gasteiger partial charge in [0.1, 0.15) is 5.82 Å². The number of carbonyl (C=O) groups excluding carboxylic acids is 1. The molecule has 30 heavy (non-hydrogen) atoms. The number of rotatable bonds is 4. The van der Waals surface area contributed by atoms with E-state index >= 15 is 0 Å². The van der Waals surface area contributed by atoms with E-state index in [-0.39, 0.29) is 27.6 Å². The first-order valence-electron chi connectivity index (χ1n) is 10.2. The number of sulfonamides is 1. The molecule has 1 heterocycles. The number of carbonyl (C=O) groups is 1. The number of anilines is 1. The maximum atomic E-state index is 13.3. The Morgan fingerprint density at radius 3 is 2.50 bits per heavy atom. The fourth-order valence-electron chi connectivity index (χ4n) is 4.60. The van der Waals surface area contributed by atoms with E-state index in [4.69, 9.17) is 11.6 Å². The number of benzene rings is 2. The number of nitrogens with zero attached hydrogens (tertiary/aromatic N) is 1. The number of piperidine rings is 1. The van der Waals surface area contributed by atoms with Crippen molar-refractivity contribution >= 4 is 33.2 Å². The fourth-order valence-corrected chi connectivity index (χ4v) is 5.89. The van der Waals surface area contributed by atoms with Gasteiger partial charge in [-0.25, -0.2) is 12.8 Å². The Labute approximate surface area is 181 Å². The highest BCUT2D eigenvalue weighted by atomic mass is 35.5. The van der Waals surface area contributed by atoms with Gasteiger partial charge in [-0.2, -0.15) is 0 Å². The van der Waals surface area contributed by atoms with Crippen LogP contribution >= 0.6 is 11.6 Å². The van der Waals surface area contributed by atoms with Crippen LogP contribution in [-0.2, 0) is 10.0 Å². The highest BCUT2D eigenvalue weighted by Gasteiger charge is 2.36. The highest BCUT2D eigenvalue weighted by molar-refractivity contribution is 7.92. The van der Waals surface area contributed by atoms with Crippen molar-refractivity contribution in [2.24, 2.45) is 5.92 Å². The lowest BCUT2D eigenvalue weighted by Crippen LogP contribution is -2.49. The lowest BCUT2D eigenvalue weighted by atomic mass is 9.78. The van der Waals surface area contributed by atoms with Crippen molar-refractivity contribution in [3.05, 3.63) is 58.9 Å². The first-order chi connectivity index (χ1) is 14.3. The van der Waals surface area contributed by atoms with Crippen LogP contribution in [0.15, 0.2) is 47.4 Å². The highest BCUT2D eigenvalue weighted by Crippen LogP contribution is 2.36. The Balaban J connectivity index is 1.58. The second kappa shape index (κ2) is 8.55. The topological polar surface area (TPSA) is 66.5 Å². The zero-order chi connectivity index (χ0) is 21.3. The van der Waals surface area contributed by atoms with E-state index in [1.165, 1.54) is 30.7 Å². The summed E-state index contributed by atoms with van der Waals surface area (Å²) in [6, 6.07) is 9.41. The second-order valence-corrected chi connectivity index (χ2v) is 10.1. The van der Waals surface area contributed by atoms with Crippen LogP contribution in [0.5, 0.6) is 0 Å². The molecule has 1 aliphatic heterocycles. The zero-order valence-corrected chi connectivity index (χ0v) is 18.1. The summed E-state index contributed by atoms with van der Waals surface area (Å²) in [6.45, 7) is 0.721. The molecule has 0 radical (unpaired) electrons. The Kier molecular flexibility index (Phi) is 6.02. The molecule has 8 heteroatoms. The standard InChI is InChI=1S/C22H24ClFN2O3S/c23-19-12-7-16(22(27)26-13-3-5-15-4-1-2-6-21(15)26)14-20(19)25-30(28,29)18-10-8-17(24)9-11-18/h7-12,14-15,21,25H,1-6,13H2. The number of hydrogen-bond acceptors (Lipinski definition) is 3. The minimum Gasteiger partial charge on any atom is -0.335 e. The second-order valence-electron chi connectivity index (χ2n) is 8.01. The molecule has 5 nitrogen and oxygen atoms in total. The van der Waals surface area contributed by atoms with Gasteiger partial charge in [0.2, 0.25) is 0 Å². The molecular weight excluding hydrogens is 427 g/mol. The zero-order valence-electron chi connectivity index (χ0n) is 16.5. The monoisotopic (exact) mass is 450 g/mol. The van der Waals surface area contributed by atoms with Crippen LogP contribution in [0.2, 0.25) is 5.02 Å². The summed E-state index contributed by atoms with van der Waals surface area (Å²) < 4.78 is 40.8. The first-order valence-corrected chi connectivity index (χ1v) is 12.1. The first kappa shape index (κ1) is 21.1. The van der Waals surface area contributed by atoms with Crippen molar-refractivity contribution < 1.29 is 17.6 Å². The van der Waals surface area contributed by atoms with Gasteiger partial charge in [-0.1, -0.05) is 24.4 Å². The predicted octanol–water partition coefficient (Wildman–Crippen LogP) is 5.07. The predicted molar refractivity (Wildman–Crippen MR) is 115 cm³/mol. The Morgan fingerprint density at radius 1 is 1.03 bits per heavy atom. The Morgan fingerprint density at radius 2 is 1.73 bits per heavy atom. The summed E-state index contributed by atoms with van der Waals surface area (Å²) in [6.07, 6.45) is 6.70. The maximum absolute atomic E-state index is 13.3. The molecule has 0 aromatic heterocycles. The molecule has 1 amide bonds. The van der Waals surface area contributed by atoms with Gasteiger partial charge >= 0.3 is 0 Å². The van der Waals surface area contributed by atoms with Crippen molar-refractivity contribution in [2.45, 2.75) is 49.5 Å². The number of fused-ring (bicyclic) bond motifs is 1. The molecule has 1 saturated heterocycles. The molecule has 160 valence electrons. The number of amides is 1. The summed E-state index contributed by atoms with van der Waals surface area (Å²) in [5.74, 6) is -0.0622. The normalized spacial score (nSPS) is 21.7. The average molecular weight is 451 g/mol. The maximum Gasteiger partial charge on any atom is 0.261 e. The van der Waals surface area contributed by atoms with Crippen LogP contribution in [0.4, 0.5) is 10.1 Å². The van der Waals surface area contributed by atoms with Gasteiger partial charge in [0.15, 0.2) is 0 Å². The number of halogens is 2. The van der Waals surface area contributed by atoms with E-state index in [1.54, 1.807) is 6.07 Å². The quantitative estimate of drug-likeness (QED) is 0.706. The van der Waals surface area contributed by atoms with Gasteiger partial charge in [-0.3, -0.25) is 9.52 Å². The molecule has 2 aliphatic rings. The van der Waals surface area contributed by atoms with Gasteiger partial charge in [0, 0.05) is 18.2 Å². The summed E-state index contributed by atoms with van der Waals surface area (Å²) in [5.41, 5.74) is 0.534. The van der Waals surface area contributed by atoms with Gasteiger partial charge in [-0.05, 0) is 74.1 Å². The minimum absolute atomic E-state index is 0.0854. The number of hydrogen-bond donors (Lipinski definition) is 1. The molecule has 2 unspecified atom stereocenters. The molecule has 0 spiro atoms. The van der Waals surface area contributed by atoms with E-state index in [2.05, 4.69) is 4.72 Å². The molecule has 2 fully saturated rings. The van der Waals surface area contributed by atoms with Gasteiger partial charge in [-0.15, -0.1) is 0 Å². The van der Waals surface area contributed by atoms with Crippen LogP contribution < -0.4 is 4.72 Å². The van der Waals surface area contributed by atoms with Crippen molar-refractivity contribution in [3.63, 3.8) is 0 Å². The number of nitrogens with one attached hydrogen (secondary N) is 1. The molecule has 2 aromatic carbocycles. The van der Waals surface area contributed by atoms with E-state index in [0.717, 1.165) is 50.8 Å². The SMILES string of the molecule is O=C(c1ccc(Cl)c(NS(=O)(=O)c2ccc(F)cc2)c1)N1CCCC2CCCCC21. The van der Waals surface area contributed by atoms with Crippen molar-refractivity contribution in [1.82, 2.24) is 4.90 Å². The summed E-state index contributed by atoms with van der Waals surface area (Å²) in [4.78, 5) is 15.1. The van der Waals surface area contributed by atoms with Crippen LogP contribution in [-0.4, -0.2) is 31.8 Å². The lowest BCUT2D eigenvalue weighted by molar-refractivity contribution is 0.0391. The smallest absolute Gasteiger partial charge is 0.261 e. The molecular formula is C22H24ClFN2O3S. The van der Waals surface area contributed by atoms with Gasteiger partial charge in [0.05, 0.1) is 15.6 Å². The largest absolute Gasteiger partial charge is 0.335 e. The Hall–Kier alpha value is -2.12. The lowest BCUT2D eigenvalue weighted by Gasteiger charge is -2.44. The summed E-state index contributed by atoms with van der Waals surface area (Å²) >= 11 is 6.20. The minimum atomic E-state index is -3.96. The molecule has 1 saturated carbocycles. The van der Waals surface area contributed by atoms with E-state index in [1.807, 2.05) is 4.90 Å². The van der Waals surface area contributed by atoms with Crippen LogP contribution in [0.1, 0.15) is 48.9 Å². The van der Waals surface area contributed by atoms with Crippen LogP contribution in [0, 0.1) is 11.7 Å². The number of likely N-dealkylation sites (tertiary alicyclic amines) is 1. The van der Waals surface area contributed by atoms with Crippen molar-refractivity contribution in [1.29, 1.82) is 0 Å². The average Bonchev–Trinajstić information content (AvgIpc) is 2.74. The molecule has 2 aromatic rings. The van der Waals surface area contributed by atoms with E-state index < -0.39 is 15.8 Å². The third-order valence-electron chi connectivity index (χ3n) is 6.09. The molecule has 0 bridgehead atoms. The fraction of sp³-hybridized carbons (Fsp3) is 0.409. The summed E-state index contributed by atoms with van der Waals surface area (Å²) in [5, 5.41) is 0.187. The third kappa shape index (κ3) is 4.32. The third-order valence-corrected chi connectivity index (χ3v) is 7.80. The van der Waals surface area contributed by atoms with Gasteiger partial charge < -0.3 is 4.90 Å². The summed E-state index contributed by atoms with van der Waals surface area (Å²) in [7, 11) is -3.96. The Bertz CT molecular complexity index is 1040. The van der Waals surface area contributed by atoms with Crippen LogP contribution in [0.25, 0.3) is 0 Å². The molecule has 1 aliphatic carbocycles. The molecule has 4 rings (SSSR count). The van der Waals surface area contributed by atoms with Crippen molar-refractivity contribution in [2.75, 3.05) is 11.3 Å².